The average Bonchev–Trinajstić information content (AvgIpc) is 2.57. The van der Waals surface area contributed by atoms with Gasteiger partial charge in [-0.05, 0) is 61.8 Å². The Hall–Kier alpha value is -2.27. The zero-order chi connectivity index (χ0) is 17.1. The molecule has 126 valence electrons. The molecule has 2 N–H and O–H groups in total. The highest BCUT2D eigenvalue weighted by molar-refractivity contribution is 5.98. The zero-order valence-electron chi connectivity index (χ0n) is 13.3. The molecule has 2 aromatic carbocycles. The van der Waals surface area contributed by atoms with Crippen molar-refractivity contribution >= 4 is 11.5 Å². The molecule has 24 heavy (non-hydrogen) atoms. The van der Waals surface area contributed by atoms with Gasteiger partial charge in [-0.3, -0.25) is 9.69 Å². The van der Waals surface area contributed by atoms with Crippen LogP contribution in [0.4, 0.5) is 14.5 Å². The third-order valence-electron chi connectivity index (χ3n) is 4.51. The number of hydrogen-bond acceptors (Lipinski definition) is 3. The zero-order valence-corrected chi connectivity index (χ0v) is 13.3. The number of nitrogen functional groups attached to an aromatic ring is 1. The van der Waals surface area contributed by atoms with Gasteiger partial charge >= 0.3 is 0 Å². The molecule has 0 radical (unpaired) electrons. The third kappa shape index (κ3) is 3.79. The Morgan fingerprint density at radius 3 is 2.58 bits per heavy atom. The van der Waals surface area contributed by atoms with E-state index in [-0.39, 0.29) is 17.3 Å². The second-order valence-corrected chi connectivity index (χ2v) is 6.28. The van der Waals surface area contributed by atoms with Crippen molar-refractivity contribution in [2.24, 2.45) is 5.92 Å². The Morgan fingerprint density at radius 1 is 1.12 bits per heavy atom. The van der Waals surface area contributed by atoms with E-state index in [2.05, 4.69) is 4.90 Å². The Morgan fingerprint density at radius 2 is 1.88 bits per heavy atom. The Kier molecular flexibility index (Phi) is 4.90. The molecule has 5 heteroatoms. The van der Waals surface area contributed by atoms with E-state index in [1.807, 2.05) is 24.3 Å². The van der Waals surface area contributed by atoms with Crippen LogP contribution in [0.15, 0.2) is 42.5 Å². The first-order valence-corrected chi connectivity index (χ1v) is 8.09. The fourth-order valence-corrected chi connectivity index (χ4v) is 3.21. The SMILES string of the molecule is Nc1cccc(CN2CCC(C(=O)c3cc(F)ccc3F)CC2)c1. The standard InChI is InChI=1S/C19H20F2N2O/c20-15-4-5-18(21)17(11-15)19(24)14-6-8-23(9-7-14)12-13-2-1-3-16(22)10-13/h1-5,10-11,14H,6-9,12,22H2. The minimum atomic E-state index is -0.649. The summed E-state index contributed by atoms with van der Waals surface area (Å²) in [5.74, 6) is -1.78. The molecule has 1 saturated heterocycles. The summed E-state index contributed by atoms with van der Waals surface area (Å²) in [5, 5.41) is 0. The number of halogens is 2. The lowest BCUT2D eigenvalue weighted by Gasteiger charge is -2.31. The molecule has 1 aliphatic rings. The van der Waals surface area contributed by atoms with E-state index in [1.54, 1.807) is 0 Å². The van der Waals surface area contributed by atoms with Gasteiger partial charge in [0.1, 0.15) is 11.6 Å². The van der Waals surface area contributed by atoms with Crippen LogP contribution >= 0.6 is 0 Å². The number of benzene rings is 2. The van der Waals surface area contributed by atoms with E-state index < -0.39 is 11.6 Å². The third-order valence-corrected chi connectivity index (χ3v) is 4.51. The molecule has 0 atom stereocenters. The van der Waals surface area contributed by atoms with Gasteiger partial charge in [0, 0.05) is 18.2 Å². The van der Waals surface area contributed by atoms with Crippen LogP contribution in [-0.2, 0) is 6.54 Å². The maximum Gasteiger partial charge on any atom is 0.169 e. The number of nitrogens with two attached hydrogens (primary N) is 1. The summed E-state index contributed by atoms with van der Waals surface area (Å²) in [6, 6.07) is 10.8. The number of ketones is 1. The van der Waals surface area contributed by atoms with Crippen LogP contribution in [-0.4, -0.2) is 23.8 Å². The van der Waals surface area contributed by atoms with Crippen molar-refractivity contribution in [3.63, 3.8) is 0 Å². The summed E-state index contributed by atoms with van der Waals surface area (Å²) in [5.41, 5.74) is 7.52. The lowest BCUT2D eigenvalue weighted by Crippen LogP contribution is -2.36. The number of anilines is 1. The quantitative estimate of drug-likeness (QED) is 0.688. The summed E-state index contributed by atoms with van der Waals surface area (Å²) < 4.78 is 27.0. The number of nitrogens with zero attached hydrogens (tertiary/aromatic N) is 1. The maximum atomic E-state index is 13.8. The van der Waals surface area contributed by atoms with Crippen molar-refractivity contribution in [3.8, 4) is 0 Å². The second-order valence-electron chi connectivity index (χ2n) is 6.28. The Labute approximate surface area is 140 Å². The molecular formula is C19H20F2N2O. The van der Waals surface area contributed by atoms with Gasteiger partial charge in [0.25, 0.3) is 0 Å². The number of carbonyl (C=O) groups excluding carboxylic acids is 1. The van der Waals surface area contributed by atoms with Gasteiger partial charge in [-0.2, -0.15) is 0 Å². The minimum absolute atomic E-state index is 0.135. The molecule has 2 aromatic rings. The van der Waals surface area contributed by atoms with Crippen LogP contribution < -0.4 is 5.73 Å². The van der Waals surface area contributed by atoms with Gasteiger partial charge in [-0.25, -0.2) is 8.78 Å². The van der Waals surface area contributed by atoms with Gasteiger partial charge in [0.05, 0.1) is 5.56 Å². The largest absolute Gasteiger partial charge is 0.399 e. The number of piperidine rings is 1. The number of Topliss-reactive ketones (excluding diaryl/α,β-unsaturated/α-hetero) is 1. The van der Waals surface area contributed by atoms with Crippen LogP contribution in [0.2, 0.25) is 0 Å². The monoisotopic (exact) mass is 330 g/mol. The highest BCUT2D eigenvalue weighted by atomic mass is 19.1. The average molecular weight is 330 g/mol. The molecular weight excluding hydrogens is 310 g/mol. The molecule has 0 unspecified atom stereocenters. The van der Waals surface area contributed by atoms with Crippen molar-refractivity contribution in [3.05, 3.63) is 65.2 Å². The molecule has 0 aromatic heterocycles. The first-order valence-electron chi connectivity index (χ1n) is 8.09. The van der Waals surface area contributed by atoms with Crippen LogP contribution in [0.1, 0.15) is 28.8 Å². The van der Waals surface area contributed by atoms with E-state index in [4.69, 9.17) is 5.73 Å². The van der Waals surface area contributed by atoms with Crippen molar-refractivity contribution in [2.45, 2.75) is 19.4 Å². The fourth-order valence-electron chi connectivity index (χ4n) is 3.21. The van der Waals surface area contributed by atoms with Gasteiger partial charge in [0.2, 0.25) is 0 Å². The predicted molar refractivity (Wildman–Crippen MR) is 89.5 cm³/mol. The molecule has 0 saturated carbocycles. The van der Waals surface area contributed by atoms with Gasteiger partial charge in [-0.15, -0.1) is 0 Å². The molecule has 1 aliphatic heterocycles. The topological polar surface area (TPSA) is 46.3 Å². The number of carbonyl (C=O) groups is 1. The highest BCUT2D eigenvalue weighted by Crippen LogP contribution is 2.24. The van der Waals surface area contributed by atoms with Crippen LogP contribution in [0.5, 0.6) is 0 Å². The minimum Gasteiger partial charge on any atom is -0.399 e. The molecule has 0 spiro atoms. The van der Waals surface area contributed by atoms with Crippen LogP contribution in [0, 0.1) is 17.6 Å². The molecule has 3 nitrogen and oxygen atoms in total. The Bertz CT molecular complexity index is 740. The van der Waals surface area contributed by atoms with E-state index in [9.17, 15) is 13.6 Å². The number of rotatable bonds is 4. The van der Waals surface area contributed by atoms with Gasteiger partial charge < -0.3 is 5.73 Å². The van der Waals surface area contributed by atoms with Gasteiger partial charge in [0.15, 0.2) is 5.78 Å². The van der Waals surface area contributed by atoms with E-state index in [0.29, 0.717) is 12.8 Å². The molecule has 0 amide bonds. The van der Waals surface area contributed by atoms with Crippen molar-refractivity contribution in [1.29, 1.82) is 0 Å². The molecule has 0 aliphatic carbocycles. The smallest absolute Gasteiger partial charge is 0.169 e. The van der Waals surface area contributed by atoms with Crippen LogP contribution in [0.25, 0.3) is 0 Å². The van der Waals surface area contributed by atoms with E-state index in [0.717, 1.165) is 49.1 Å². The fraction of sp³-hybridized carbons (Fsp3) is 0.316. The summed E-state index contributed by atoms with van der Waals surface area (Å²) >= 11 is 0. The molecule has 1 fully saturated rings. The highest BCUT2D eigenvalue weighted by Gasteiger charge is 2.27. The normalized spacial score (nSPS) is 16.2. The van der Waals surface area contributed by atoms with E-state index >= 15 is 0 Å². The lowest BCUT2D eigenvalue weighted by atomic mass is 9.88. The molecule has 1 heterocycles. The lowest BCUT2D eigenvalue weighted by molar-refractivity contribution is 0.0830. The number of hydrogen-bond donors (Lipinski definition) is 1. The Balaban J connectivity index is 1.60. The van der Waals surface area contributed by atoms with Crippen molar-refractivity contribution in [1.82, 2.24) is 4.90 Å². The summed E-state index contributed by atoms with van der Waals surface area (Å²) in [4.78, 5) is 14.7. The van der Waals surface area contributed by atoms with Crippen molar-refractivity contribution < 1.29 is 13.6 Å². The van der Waals surface area contributed by atoms with Crippen molar-refractivity contribution in [2.75, 3.05) is 18.8 Å². The van der Waals surface area contributed by atoms with E-state index in [1.165, 1.54) is 0 Å². The predicted octanol–water partition coefficient (Wildman–Crippen LogP) is 3.64. The first-order chi connectivity index (χ1) is 11.5. The summed E-state index contributed by atoms with van der Waals surface area (Å²) in [6.45, 7) is 2.28. The summed E-state index contributed by atoms with van der Waals surface area (Å²) in [6.07, 6.45) is 1.30. The molecule has 3 rings (SSSR count). The summed E-state index contributed by atoms with van der Waals surface area (Å²) in [7, 11) is 0. The molecule has 0 bridgehead atoms. The maximum absolute atomic E-state index is 13.8. The van der Waals surface area contributed by atoms with Crippen LogP contribution in [0.3, 0.4) is 0 Å². The first kappa shape index (κ1) is 16.6. The number of likely N-dealkylation sites (tertiary alicyclic amines) is 1. The van der Waals surface area contributed by atoms with Gasteiger partial charge in [-0.1, -0.05) is 12.1 Å². The second kappa shape index (κ2) is 7.09.